The summed E-state index contributed by atoms with van der Waals surface area (Å²) in [4.78, 5) is 13.7. The normalized spacial score (nSPS) is 16.9. The molecule has 2 aliphatic rings. The van der Waals surface area contributed by atoms with Crippen LogP contribution in [-0.2, 0) is 27.4 Å². The molecule has 1 N–H and O–H groups in total. The van der Waals surface area contributed by atoms with Crippen LogP contribution in [0.4, 0.5) is 4.79 Å². The fourth-order valence-electron chi connectivity index (χ4n) is 4.07. The highest BCUT2D eigenvalue weighted by Gasteiger charge is 2.27. The van der Waals surface area contributed by atoms with Crippen LogP contribution in [0.2, 0.25) is 0 Å². The van der Waals surface area contributed by atoms with E-state index in [1.807, 2.05) is 45.0 Å². The third-order valence-electron chi connectivity index (χ3n) is 6.04. The molecule has 200 valence electrons. The lowest BCUT2D eigenvalue weighted by Gasteiger charge is -2.33. The van der Waals surface area contributed by atoms with Gasteiger partial charge in [0, 0.05) is 13.1 Å². The summed E-state index contributed by atoms with van der Waals surface area (Å²) in [5, 5.41) is 3.33. The van der Waals surface area contributed by atoms with Crippen LogP contribution in [0, 0.1) is 0 Å². The zero-order chi connectivity index (χ0) is 24.9. The Morgan fingerprint density at radius 2 is 1.25 bits per heavy atom. The van der Waals surface area contributed by atoms with E-state index in [1.165, 1.54) is 11.1 Å². The summed E-state index contributed by atoms with van der Waals surface area (Å²) in [5.41, 5.74) is 2.02. The van der Waals surface area contributed by atoms with Crippen LogP contribution >= 0.6 is 12.4 Å². The highest BCUT2D eigenvalue weighted by Crippen LogP contribution is 2.18. The molecule has 0 aromatic heterocycles. The van der Waals surface area contributed by atoms with Crippen molar-refractivity contribution in [3.63, 3.8) is 0 Å². The summed E-state index contributed by atoms with van der Waals surface area (Å²) in [5.74, 6) is 0. The van der Waals surface area contributed by atoms with E-state index < -0.39 is 5.60 Å². The van der Waals surface area contributed by atoms with E-state index in [0.717, 1.165) is 45.4 Å². The van der Waals surface area contributed by atoms with Crippen molar-refractivity contribution >= 4 is 18.5 Å². The number of halogens is 1. The Bertz CT molecular complexity index is 847. The summed E-state index contributed by atoms with van der Waals surface area (Å²) in [6.45, 7) is 10.7. The van der Waals surface area contributed by atoms with Gasteiger partial charge < -0.3 is 24.4 Å². The number of nitrogens with zero attached hydrogens (tertiary/aromatic N) is 1. The number of amides is 1. The number of hydrogen-bond donors (Lipinski definition) is 1. The molecule has 2 heterocycles. The van der Waals surface area contributed by atoms with Gasteiger partial charge in [-0.3, -0.25) is 0 Å². The second-order valence-electron chi connectivity index (χ2n) is 10.2. The molecule has 2 aliphatic heterocycles. The molecule has 0 spiro atoms. The Hall–Kier alpha value is -2.12. The zero-order valence-electron chi connectivity index (χ0n) is 22.0. The van der Waals surface area contributed by atoms with Crippen molar-refractivity contribution in [2.24, 2.45) is 0 Å². The molecule has 0 unspecified atom stereocenters. The molecule has 6 nitrogen and oxygen atoms in total. The number of rotatable bonds is 6. The smallest absolute Gasteiger partial charge is 0.410 e. The predicted octanol–water partition coefficient (Wildman–Crippen LogP) is 5.98. The Labute approximate surface area is 223 Å². The Morgan fingerprint density at radius 3 is 1.69 bits per heavy atom. The quantitative estimate of drug-likeness (QED) is 0.509. The van der Waals surface area contributed by atoms with Crippen molar-refractivity contribution in [1.29, 1.82) is 0 Å². The van der Waals surface area contributed by atoms with E-state index in [9.17, 15) is 4.79 Å². The van der Waals surface area contributed by atoms with Crippen LogP contribution in [0.25, 0.3) is 0 Å². The number of hydrogen-bond acceptors (Lipinski definition) is 5. The second kappa shape index (κ2) is 15.9. The third-order valence-corrected chi connectivity index (χ3v) is 6.04. The van der Waals surface area contributed by atoms with Crippen LogP contribution in [-0.4, -0.2) is 55.0 Å². The average molecular weight is 519 g/mol. The Kier molecular flexibility index (Phi) is 13.3. The van der Waals surface area contributed by atoms with Crippen LogP contribution < -0.4 is 5.32 Å². The molecule has 4 rings (SSSR count). The average Bonchev–Trinajstić information content (AvgIpc) is 2.88. The lowest BCUT2D eigenvalue weighted by atomic mass is 10.1. The molecule has 0 saturated carbocycles. The van der Waals surface area contributed by atoms with Gasteiger partial charge in [0.15, 0.2) is 0 Å². The van der Waals surface area contributed by atoms with Gasteiger partial charge in [0.1, 0.15) is 5.60 Å². The molecule has 2 fully saturated rings. The topological polar surface area (TPSA) is 60.0 Å². The molecule has 0 radical (unpaired) electrons. The summed E-state index contributed by atoms with van der Waals surface area (Å²) < 4.78 is 17.1. The highest BCUT2D eigenvalue weighted by molar-refractivity contribution is 5.85. The van der Waals surface area contributed by atoms with Crippen molar-refractivity contribution in [2.45, 2.75) is 77.5 Å². The van der Waals surface area contributed by atoms with Crippen molar-refractivity contribution in [3.05, 3.63) is 71.8 Å². The lowest BCUT2D eigenvalue weighted by molar-refractivity contribution is -0.0170. The molecule has 0 aliphatic carbocycles. The third kappa shape index (κ3) is 11.7. The number of carbonyl (C=O) groups excluding carboxylic acids is 1. The van der Waals surface area contributed by atoms with E-state index in [2.05, 4.69) is 41.7 Å². The van der Waals surface area contributed by atoms with Gasteiger partial charge in [0.25, 0.3) is 0 Å². The highest BCUT2D eigenvalue weighted by atomic mass is 35.5. The molecule has 0 atom stereocenters. The molecule has 2 aromatic carbocycles. The van der Waals surface area contributed by atoms with Gasteiger partial charge in [-0.15, -0.1) is 12.4 Å². The van der Waals surface area contributed by atoms with Crippen LogP contribution in [0.1, 0.15) is 57.6 Å². The molecule has 36 heavy (non-hydrogen) atoms. The van der Waals surface area contributed by atoms with Crippen molar-refractivity contribution in [2.75, 3.05) is 26.2 Å². The molecular weight excluding hydrogens is 476 g/mol. The van der Waals surface area contributed by atoms with Crippen LogP contribution in [0.15, 0.2) is 60.7 Å². The van der Waals surface area contributed by atoms with E-state index in [1.54, 1.807) is 4.90 Å². The molecule has 7 heteroatoms. The summed E-state index contributed by atoms with van der Waals surface area (Å²) >= 11 is 0. The largest absolute Gasteiger partial charge is 0.444 e. The Balaban J connectivity index is 0.000000265. The first-order valence-electron chi connectivity index (χ1n) is 12.9. The summed E-state index contributed by atoms with van der Waals surface area (Å²) in [7, 11) is 0. The minimum absolute atomic E-state index is 0. The van der Waals surface area contributed by atoms with Gasteiger partial charge in [-0.1, -0.05) is 60.7 Å². The number of piperidine rings is 2. The second-order valence-corrected chi connectivity index (χ2v) is 10.2. The first-order valence-corrected chi connectivity index (χ1v) is 12.9. The first kappa shape index (κ1) is 30.1. The van der Waals surface area contributed by atoms with E-state index in [4.69, 9.17) is 14.2 Å². The Morgan fingerprint density at radius 1 is 0.806 bits per heavy atom. The minimum atomic E-state index is -0.433. The maximum atomic E-state index is 12.0. The van der Waals surface area contributed by atoms with Gasteiger partial charge in [-0.2, -0.15) is 0 Å². The van der Waals surface area contributed by atoms with Gasteiger partial charge in [-0.05, 0) is 70.7 Å². The minimum Gasteiger partial charge on any atom is -0.444 e. The molecule has 2 aromatic rings. The first-order chi connectivity index (χ1) is 16.9. The maximum absolute atomic E-state index is 12.0. The van der Waals surface area contributed by atoms with Gasteiger partial charge >= 0.3 is 6.09 Å². The van der Waals surface area contributed by atoms with Crippen LogP contribution in [0.3, 0.4) is 0 Å². The standard InChI is InChI=1S/C17H25NO3.C12H17NO.ClH/c1-17(2,3)21-16(19)18-11-9-15(10-12-18)20-13-14-7-5-4-6-8-14;1-2-4-11(5-3-1)10-14-12-6-8-13-9-7-12;/h4-8,15H,9-13H2,1-3H3;1-5,12-13H,6-10H2;1H. The summed E-state index contributed by atoms with van der Waals surface area (Å²) in [6.07, 6.45) is 4.49. The van der Waals surface area contributed by atoms with E-state index >= 15 is 0 Å². The maximum Gasteiger partial charge on any atom is 0.410 e. The molecule has 2 saturated heterocycles. The fourth-order valence-corrected chi connectivity index (χ4v) is 4.07. The van der Waals surface area contributed by atoms with Gasteiger partial charge in [0.05, 0.1) is 25.4 Å². The van der Waals surface area contributed by atoms with Crippen molar-refractivity contribution < 1.29 is 19.0 Å². The van der Waals surface area contributed by atoms with Crippen molar-refractivity contribution in [3.8, 4) is 0 Å². The SMILES string of the molecule is CC(C)(C)OC(=O)N1CCC(OCc2ccccc2)CC1.Cl.c1ccc(COC2CCNCC2)cc1. The number of ether oxygens (including phenoxy) is 3. The van der Waals surface area contributed by atoms with Crippen LogP contribution in [0.5, 0.6) is 0 Å². The fraction of sp³-hybridized carbons (Fsp3) is 0.552. The predicted molar refractivity (Wildman–Crippen MR) is 146 cm³/mol. The number of nitrogens with one attached hydrogen (secondary N) is 1. The molecular formula is C29H43ClN2O4. The lowest BCUT2D eigenvalue weighted by Crippen LogP contribution is -2.43. The number of benzene rings is 2. The zero-order valence-corrected chi connectivity index (χ0v) is 22.8. The van der Waals surface area contributed by atoms with Gasteiger partial charge in [-0.25, -0.2) is 4.79 Å². The monoisotopic (exact) mass is 518 g/mol. The van der Waals surface area contributed by atoms with Gasteiger partial charge in [0.2, 0.25) is 0 Å². The number of carbonyl (C=O) groups is 1. The van der Waals surface area contributed by atoms with Crippen molar-refractivity contribution in [1.82, 2.24) is 10.2 Å². The number of likely N-dealkylation sites (tertiary alicyclic amines) is 1. The molecule has 0 bridgehead atoms. The van der Waals surface area contributed by atoms with E-state index in [-0.39, 0.29) is 24.6 Å². The molecule has 1 amide bonds. The van der Waals surface area contributed by atoms with E-state index in [0.29, 0.717) is 25.8 Å². The summed E-state index contributed by atoms with van der Waals surface area (Å²) in [6, 6.07) is 20.5.